The van der Waals surface area contributed by atoms with E-state index in [-0.39, 0.29) is 12.2 Å². The number of aryl methyl sites for hydroxylation is 1. The Bertz CT molecular complexity index is 690. The van der Waals surface area contributed by atoms with E-state index in [0.29, 0.717) is 23.3 Å². The summed E-state index contributed by atoms with van der Waals surface area (Å²) in [5.74, 6) is -0.772. The molecular weight excluding hydrogens is 272 g/mol. The number of carboxylic acids is 1. The Morgan fingerprint density at radius 1 is 1.38 bits per heavy atom. The highest BCUT2D eigenvalue weighted by molar-refractivity contribution is 6.01. The highest BCUT2D eigenvalue weighted by Gasteiger charge is 2.24. The third-order valence-corrected chi connectivity index (χ3v) is 3.34. The van der Waals surface area contributed by atoms with Crippen molar-refractivity contribution in [2.24, 2.45) is 0 Å². The number of rotatable bonds is 5. The summed E-state index contributed by atoms with van der Waals surface area (Å²) in [5.41, 5.74) is 1.17. The first-order valence-corrected chi connectivity index (χ1v) is 6.91. The molecule has 6 heteroatoms. The number of hydrogen-bond acceptors (Lipinski definition) is 4. The first-order chi connectivity index (χ1) is 10.0. The molecule has 0 aliphatic rings. The number of para-hydroxylation sites is 1. The molecule has 1 unspecified atom stereocenters. The molecule has 2 rings (SSSR count). The summed E-state index contributed by atoms with van der Waals surface area (Å²) in [6, 6.07) is 4.29. The standard InChI is InChI=1S/C15H18N2O4/c1-4-12-16-11-8-6-7-10(14(18)19)13(11)17(12)9(3)15(20)21-5-2/h6-9H,4-5H2,1-3H3,(H,18,19). The Kier molecular flexibility index (Phi) is 4.26. The van der Waals surface area contributed by atoms with E-state index in [1.54, 1.807) is 30.5 Å². The monoisotopic (exact) mass is 290 g/mol. The second-order valence-corrected chi connectivity index (χ2v) is 4.66. The number of carbonyl (C=O) groups excluding carboxylic acids is 1. The second kappa shape index (κ2) is 5.95. The Morgan fingerprint density at radius 2 is 2.10 bits per heavy atom. The molecule has 0 saturated heterocycles. The third-order valence-electron chi connectivity index (χ3n) is 3.34. The van der Waals surface area contributed by atoms with E-state index in [9.17, 15) is 14.7 Å². The van der Waals surface area contributed by atoms with Crippen molar-refractivity contribution < 1.29 is 19.4 Å². The molecule has 1 atom stereocenters. The lowest BCUT2D eigenvalue weighted by atomic mass is 10.1. The van der Waals surface area contributed by atoms with Crippen LogP contribution in [0.1, 0.15) is 43.0 Å². The molecular formula is C15H18N2O4. The van der Waals surface area contributed by atoms with Gasteiger partial charge in [0.15, 0.2) is 0 Å². The fourth-order valence-electron chi connectivity index (χ4n) is 2.40. The second-order valence-electron chi connectivity index (χ2n) is 4.66. The third kappa shape index (κ3) is 2.61. The lowest BCUT2D eigenvalue weighted by Gasteiger charge is -2.16. The van der Waals surface area contributed by atoms with Gasteiger partial charge >= 0.3 is 11.9 Å². The number of carboxylic acid groups (broad SMARTS) is 1. The van der Waals surface area contributed by atoms with Gasteiger partial charge in [0.1, 0.15) is 11.9 Å². The van der Waals surface area contributed by atoms with Crippen LogP contribution in [0.2, 0.25) is 0 Å². The minimum atomic E-state index is -1.04. The van der Waals surface area contributed by atoms with Crippen molar-refractivity contribution in [2.75, 3.05) is 6.61 Å². The average molecular weight is 290 g/mol. The van der Waals surface area contributed by atoms with E-state index < -0.39 is 18.0 Å². The van der Waals surface area contributed by atoms with Crippen molar-refractivity contribution >= 4 is 23.0 Å². The number of fused-ring (bicyclic) bond motifs is 1. The molecule has 1 N–H and O–H groups in total. The number of nitrogens with zero attached hydrogens (tertiary/aromatic N) is 2. The summed E-state index contributed by atoms with van der Waals surface area (Å²) in [4.78, 5) is 27.9. The molecule has 112 valence electrons. The minimum Gasteiger partial charge on any atom is -0.478 e. The van der Waals surface area contributed by atoms with Gasteiger partial charge in [-0.2, -0.15) is 0 Å². The molecule has 21 heavy (non-hydrogen) atoms. The Morgan fingerprint density at radius 3 is 2.67 bits per heavy atom. The quantitative estimate of drug-likeness (QED) is 0.855. The molecule has 0 spiro atoms. The molecule has 1 aromatic carbocycles. The van der Waals surface area contributed by atoms with Gasteiger partial charge in [-0.25, -0.2) is 14.6 Å². The Balaban J connectivity index is 2.70. The zero-order chi connectivity index (χ0) is 15.6. The van der Waals surface area contributed by atoms with Crippen LogP contribution < -0.4 is 0 Å². The molecule has 0 fully saturated rings. The van der Waals surface area contributed by atoms with Crippen LogP contribution in [-0.2, 0) is 16.0 Å². The van der Waals surface area contributed by atoms with Crippen molar-refractivity contribution in [2.45, 2.75) is 33.2 Å². The zero-order valence-electron chi connectivity index (χ0n) is 12.3. The highest BCUT2D eigenvalue weighted by Crippen LogP contribution is 2.25. The largest absolute Gasteiger partial charge is 0.478 e. The molecule has 0 bridgehead atoms. The topological polar surface area (TPSA) is 81.4 Å². The average Bonchev–Trinajstić information content (AvgIpc) is 2.84. The van der Waals surface area contributed by atoms with E-state index >= 15 is 0 Å². The zero-order valence-corrected chi connectivity index (χ0v) is 12.3. The van der Waals surface area contributed by atoms with Crippen molar-refractivity contribution in [1.82, 2.24) is 9.55 Å². The molecule has 0 saturated carbocycles. The number of ether oxygens (including phenoxy) is 1. The van der Waals surface area contributed by atoms with Crippen molar-refractivity contribution in [3.8, 4) is 0 Å². The van der Waals surface area contributed by atoms with E-state index in [0.717, 1.165) is 0 Å². The first-order valence-electron chi connectivity index (χ1n) is 6.91. The van der Waals surface area contributed by atoms with Gasteiger partial charge in [-0.05, 0) is 26.0 Å². The summed E-state index contributed by atoms with van der Waals surface area (Å²) in [5, 5.41) is 9.36. The van der Waals surface area contributed by atoms with Crippen molar-refractivity contribution in [3.63, 3.8) is 0 Å². The van der Waals surface area contributed by atoms with Crippen LogP contribution >= 0.6 is 0 Å². The molecule has 0 amide bonds. The van der Waals surface area contributed by atoms with Gasteiger partial charge in [-0.3, -0.25) is 0 Å². The summed E-state index contributed by atoms with van der Waals surface area (Å²) >= 11 is 0. The molecule has 1 heterocycles. The number of carbonyl (C=O) groups is 2. The van der Waals surface area contributed by atoms with Crippen LogP contribution in [0, 0.1) is 0 Å². The SMILES string of the molecule is CCOC(=O)C(C)n1c(CC)nc2cccc(C(=O)O)c21. The predicted octanol–water partition coefficient (Wildman–Crippen LogP) is 2.42. The maximum atomic E-state index is 12.0. The molecule has 0 aliphatic heterocycles. The smallest absolute Gasteiger partial charge is 0.337 e. The van der Waals surface area contributed by atoms with Crippen LogP contribution in [0.3, 0.4) is 0 Å². The van der Waals surface area contributed by atoms with Crippen molar-refractivity contribution in [1.29, 1.82) is 0 Å². The van der Waals surface area contributed by atoms with E-state index in [2.05, 4.69) is 4.98 Å². The number of hydrogen-bond donors (Lipinski definition) is 1. The van der Waals surface area contributed by atoms with Crippen LogP contribution in [0.25, 0.3) is 11.0 Å². The van der Waals surface area contributed by atoms with Crippen LogP contribution in [0.15, 0.2) is 18.2 Å². The Hall–Kier alpha value is -2.37. The van der Waals surface area contributed by atoms with Crippen LogP contribution in [-0.4, -0.2) is 33.2 Å². The number of esters is 1. The fourth-order valence-corrected chi connectivity index (χ4v) is 2.40. The van der Waals surface area contributed by atoms with Gasteiger partial charge in [-0.1, -0.05) is 13.0 Å². The summed E-state index contributed by atoms with van der Waals surface area (Å²) < 4.78 is 6.70. The molecule has 6 nitrogen and oxygen atoms in total. The first kappa shape index (κ1) is 15.0. The highest BCUT2D eigenvalue weighted by atomic mass is 16.5. The lowest BCUT2D eigenvalue weighted by Crippen LogP contribution is -2.21. The normalized spacial score (nSPS) is 12.3. The van der Waals surface area contributed by atoms with Gasteiger partial charge < -0.3 is 14.4 Å². The van der Waals surface area contributed by atoms with Gasteiger partial charge in [0.25, 0.3) is 0 Å². The maximum absolute atomic E-state index is 12.0. The summed E-state index contributed by atoms with van der Waals surface area (Å²) in [7, 11) is 0. The molecule has 2 aromatic rings. The molecule has 1 aromatic heterocycles. The van der Waals surface area contributed by atoms with Gasteiger partial charge in [0, 0.05) is 6.42 Å². The molecule has 0 aliphatic carbocycles. The van der Waals surface area contributed by atoms with E-state index in [1.807, 2.05) is 6.92 Å². The van der Waals surface area contributed by atoms with Crippen LogP contribution in [0.5, 0.6) is 0 Å². The maximum Gasteiger partial charge on any atom is 0.337 e. The summed E-state index contributed by atoms with van der Waals surface area (Å²) in [6.07, 6.45) is 0.595. The number of imidazole rings is 1. The predicted molar refractivity (Wildman–Crippen MR) is 77.4 cm³/mol. The van der Waals surface area contributed by atoms with Gasteiger partial charge in [0.05, 0.1) is 23.2 Å². The minimum absolute atomic E-state index is 0.135. The van der Waals surface area contributed by atoms with Gasteiger partial charge in [0.2, 0.25) is 0 Å². The van der Waals surface area contributed by atoms with E-state index in [4.69, 9.17) is 4.74 Å². The van der Waals surface area contributed by atoms with Gasteiger partial charge in [-0.15, -0.1) is 0 Å². The lowest BCUT2D eigenvalue weighted by molar-refractivity contribution is -0.146. The Labute approximate surface area is 122 Å². The number of benzene rings is 1. The summed E-state index contributed by atoms with van der Waals surface area (Å²) in [6.45, 7) is 5.62. The van der Waals surface area contributed by atoms with Crippen molar-refractivity contribution in [3.05, 3.63) is 29.6 Å². The molecule has 0 radical (unpaired) electrons. The fraction of sp³-hybridized carbons (Fsp3) is 0.400. The van der Waals surface area contributed by atoms with E-state index in [1.165, 1.54) is 6.07 Å². The number of aromatic nitrogens is 2. The van der Waals surface area contributed by atoms with Crippen LogP contribution in [0.4, 0.5) is 0 Å². The number of aromatic carboxylic acids is 1.